The van der Waals surface area contributed by atoms with Gasteiger partial charge in [-0.05, 0) is 106 Å². The first-order valence-electron chi connectivity index (χ1n) is 12.0. The molecule has 4 aliphatic rings. The molecule has 0 heterocycles. The number of carbonyl (C=O) groups is 1. The van der Waals surface area contributed by atoms with Gasteiger partial charge < -0.3 is 10.2 Å². The van der Waals surface area contributed by atoms with Gasteiger partial charge in [-0.3, -0.25) is 4.79 Å². The lowest BCUT2D eigenvalue weighted by Gasteiger charge is -2.61. The lowest BCUT2D eigenvalue weighted by Crippen LogP contribution is -2.56. The van der Waals surface area contributed by atoms with Crippen molar-refractivity contribution in [2.45, 2.75) is 104 Å². The third-order valence-electron chi connectivity index (χ3n) is 9.94. The van der Waals surface area contributed by atoms with Gasteiger partial charge in [-0.15, -0.1) is 0 Å². The van der Waals surface area contributed by atoms with Crippen molar-refractivity contribution in [3.63, 3.8) is 0 Å². The molecule has 0 radical (unpaired) electrons. The standard InChI is InChI=1S/C26H40O3/c1-17(27)6-5-12-26(29)15-14-24(3)19(16-26)7-8-20-22-10-9-21(18(2)28)25(22,4)13-11-23(20)24/h17,19-23,27,29H,6-11,13-16H2,1-4H3/t17-,19+,20+,21-,22+,23+,24+,25-,26-/m1/s1. The Morgan fingerprint density at radius 3 is 2.45 bits per heavy atom. The van der Waals surface area contributed by atoms with Gasteiger partial charge in [-0.25, -0.2) is 0 Å². The van der Waals surface area contributed by atoms with Crippen molar-refractivity contribution >= 4 is 5.78 Å². The Balaban J connectivity index is 1.52. The Bertz CT molecular complexity index is 717. The molecule has 0 spiro atoms. The topological polar surface area (TPSA) is 57.5 Å². The average Bonchev–Trinajstić information content (AvgIpc) is 2.99. The summed E-state index contributed by atoms with van der Waals surface area (Å²) in [5.41, 5.74) is -0.350. The zero-order chi connectivity index (χ0) is 21.0. The number of ketones is 1. The maximum atomic E-state index is 12.3. The normalized spacial score (nSPS) is 49.8. The molecule has 29 heavy (non-hydrogen) atoms. The summed E-state index contributed by atoms with van der Waals surface area (Å²) in [7, 11) is 0. The number of hydrogen-bond acceptors (Lipinski definition) is 3. The largest absolute Gasteiger partial charge is 0.392 e. The highest BCUT2D eigenvalue weighted by atomic mass is 16.3. The molecule has 0 unspecified atom stereocenters. The summed E-state index contributed by atoms with van der Waals surface area (Å²) in [6, 6.07) is 0. The van der Waals surface area contributed by atoms with Gasteiger partial charge in [-0.1, -0.05) is 25.7 Å². The fourth-order valence-electron chi connectivity index (χ4n) is 8.39. The van der Waals surface area contributed by atoms with Crippen LogP contribution in [0.1, 0.15) is 91.9 Å². The maximum absolute atomic E-state index is 12.3. The van der Waals surface area contributed by atoms with Crippen LogP contribution in [-0.4, -0.2) is 27.7 Å². The van der Waals surface area contributed by atoms with E-state index in [4.69, 9.17) is 0 Å². The highest BCUT2D eigenvalue weighted by Gasteiger charge is 2.61. The molecule has 3 nitrogen and oxygen atoms in total. The van der Waals surface area contributed by atoms with E-state index < -0.39 is 11.7 Å². The molecule has 0 aromatic rings. The Labute approximate surface area is 177 Å². The Morgan fingerprint density at radius 1 is 1.03 bits per heavy atom. The molecule has 0 bridgehead atoms. The predicted octanol–water partition coefficient (Wildman–Crippen LogP) is 4.74. The molecule has 4 rings (SSSR count). The first-order chi connectivity index (χ1) is 13.6. The van der Waals surface area contributed by atoms with E-state index in [1.807, 2.05) is 6.92 Å². The van der Waals surface area contributed by atoms with Crippen LogP contribution in [-0.2, 0) is 4.79 Å². The second-order valence-corrected chi connectivity index (χ2v) is 11.5. The molecule has 0 aromatic carbocycles. The van der Waals surface area contributed by atoms with E-state index in [1.54, 1.807) is 6.92 Å². The van der Waals surface area contributed by atoms with Crippen LogP contribution in [0.15, 0.2) is 0 Å². The van der Waals surface area contributed by atoms with Crippen molar-refractivity contribution in [1.29, 1.82) is 0 Å². The van der Waals surface area contributed by atoms with Gasteiger partial charge in [0, 0.05) is 12.3 Å². The molecule has 4 fully saturated rings. The van der Waals surface area contributed by atoms with Crippen LogP contribution in [0.25, 0.3) is 0 Å². The van der Waals surface area contributed by atoms with E-state index in [1.165, 1.54) is 32.1 Å². The van der Waals surface area contributed by atoms with Crippen LogP contribution < -0.4 is 0 Å². The molecule has 0 saturated heterocycles. The van der Waals surface area contributed by atoms with Gasteiger partial charge >= 0.3 is 0 Å². The first-order valence-corrected chi connectivity index (χ1v) is 12.0. The number of hydrogen-bond donors (Lipinski definition) is 2. The summed E-state index contributed by atoms with van der Waals surface area (Å²) in [5, 5.41) is 20.6. The van der Waals surface area contributed by atoms with Gasteiger partial charge in [0.15, 0.2) is 0 Å². The van der Waals surface area contributed by atoms with Crippen molar-refractivity contribution in [2.75, 3.05) is 0 Å². The van der Waals surface area contributed by atoms with Gasteiger partial charge in [0.05, 0.1) is 6.10 Å². The lowest BCUT2D eigenvalue weighted by molar-refractivity contribution is -0.144. The predicted molar refractivity (Wildman–Crippen MR) is 115 cm³/mol. The SMILES string of the molecule is CC(=O)[C@H]1CC[C@H]2[C@@H]3CC[C@H]4C[C@@](O)(C#CC[C@@H](C)O)CC[C@]4(C)[C@H]3CC[C@]12C. The van der Waals surface area contributed by atoms with Crippen molar-refractivity contribution in [3.05, 3.63) is 0 Å². The first kappa shape index (κ1) is 21.4. The minimum atomic E-state index is -0.873. The van der Waals surface area contributed by atoms with Gasteiger partial charge in [0.25, 0.3) is 0 Å². The zero-order valence-electron chi connectivity index (χ0n) is 18.8. The molecular weight excluding hydrogens is 360 g/mol. The van der Waals surface area contributed by atoms with Crippen LogP contribution in [0.3, 0.4) is 0 Å². The van der Waals surface area contributed by atoms with Crippen molar-refractivity contribution < 1.29 is 15.0 Å². The van der Waals surface area contributed by atoms with Crippen LogP contribution in [0, 0.1) is 52.3 Å². The summed E-state index contributed by atoms with van der Waals surface area (Å²) in [6.45, 7) is 8.47. The quantitative estimate of drug-likeness (QED) is 0.658. The molecule has 0 aromatic heterocycles. The number of carbonyl (C=O) groups excluding carboxylic acids is 1. The average molecular weight is 401 g/mol. The van der Waals surface area contributed by atoms with Crippen molar-refractivity contribution in [2.24, 2.45) is 40.4 Å². The van der Waals surface area contributed by atoms with E-state index in [2.05, 4.69) is 25.7 Å². The number of aliphatic hydroxyl groups is 2. The van der Waals surface area contributed by atoms with E-state index in [0.717, 1.165) is 37.5 Å². The molecule has 162 valence electrons. The molecule has 2 N–H and O–H groups in total. The second kappa shape index (κ2) is 7.38. The highest BCUT2D eigenvalue weighted by Crippen LogP contribution is 2.68. The fraction of sp³-hybridized carbons (Fsp3) is 0.885. The number of rotatable bonds is 2. The number of Topliss-reactive ketones (excluding diaryl/α,β-unsaturated/α-hetero) is 1. The minimum absolute atomic E-state index is 0.220. The van der Waals surface area contributed by atoms with Gasteiger partial charge in [0.2, 0.25) is 0 Å². The van der Waals surface area contributed by atoms with Crippen molar-refractivity contribution in [3.8, 4) is 11.8 Å². The van der Waals surface area contributed by atoms with Crippen LogP contribution in [0.2, 0.25) is 0 Å². The lowest BCUT2D eigenvalue weighted by atomic mass is 9.44. The van der Waals surface area contributed by atoms with Gasteiger partial charge in [-0.2, -0.15) is 0 Å². The van der Waals surface area contributed by atoms with Crippen molar-refractivity contribution in [1.82, 2.24) is 0 Å². The summed E-state index contributed by atoms with van der Waals surface area (Å²) in [4.78, 5) is 12.3. The monoisotopic (exact) mass is 400 g/mol. The van der Waals surface area contributed by atoms with E-state index in [9.17, 15) is 15.0 Å². The number of aliphatic hydroxyl groups excluding tert-OH is 1. The Kier molecular flexibility index (Phi) is 5.44. The zero-order valence-corrected chi connectivity index (χ0v) is 18.8. The summed E-state index contributed by atoms with van der Waals surface area (Å²) in [5.74, 6) is 9.58. The second-order valence-electron chi connectivity index (χ2n) is 11.5. The third-order valence-corrected chi connectivity index (χ3v) is 9.94. The molecule has 3 heteroatoms. The molecule has 4 aliphatic carbocycles. The van der Waals surface area contributed by atoms with Crippen LogP contribution in [0.4, 0.5) is 0 Å². The summed E-state index contributed by atoms with van der Waals surface area (Å²) in [6.07, 6.45) is 9.83. The smallest absolute Gasteiger partial charge is 0.133 e. The number of fused-ring (bicyclic) bond motifs is 5. The fourth-order valence-corrected chi connectivity index (χ4v) is 8.39. The van der Waals surface area contributed by atoms with E-state index in [0.29, 0.717) is 29.5 Å². The molecule has 0 amide bonds. The molecule has 9 atom stereocenters. The molecular formula is C26H40O3. The van der Waals surface area contributed by atoms with E-state index in [-0.39, 0.29) is 11.3 Å². The third kappa shape index (κ3) is 3.49. The Hall–Kier alpha value is -0.850. The summed E-state index contributed by atoms with van der Waals surface area (Å²) >= 11 is 0. The minimum Gasteiger partial charge on any atom is -0.392 e. The van der Waals surface area contributed by atoms with E-state index >= 15 is 0 Å². The Morgan fingerprint density at radius 2 is 1.76 bits per heavy atom. The maximum Gasteiger partial charge on any atom is 0.133 e. The van der Waals surface area contributed by atoms with Crippen LogP contribution >= 0.6 is 0 Å². The van der Waals surface area contributed by atoms with Crippen LogP contribution in [0.5, 0.6) is 0 Å². The summed E-state index contributed by atoms with van der Waals surface area (Å²) < 4.78 is 0. The highest BCUT2D eigenvalue weighted by molar-refractivity contribution is 5.79. The molecule has 4 saturated carbocycles. The van der Waals surface area contributed by atoms with Gasteiger partial charge in [0.1, 0.15) is 11.4 Å². The molecule has 0 aliphatic heterocycles.